The van der Waals surface area contributed by atoms with Crippen molar-refractivity contribution in [1.29, 1.82) is 0 Å². The number of rotatable bonds is 3. The van der Waals surface area contributed by atoms with E-state index in [1.807, 2.05) is 24.3 Å². The summed E-state index contributed by atoms with van der Waals surface area (Å²) in [5, 5.41) is 3.53. The van der Waals surface area contributed by atoms with Crippen LogP contribution in [0.2, 0.25) is 5.02 Å². The van der Waals surface area contributed by atoms with Crippen molar-refractivity contribution in [1.82, 2.24) is 4.98 Å². The fourth-order valence-electron chi connectivity index (χ4n) is 2.71. The van der Waals surface area contributed by atoms with E-state index in [1.54, 1.807) is 18.2 Å². The van der Waals surface area contributed by atoms with E-state index in [2.05, 4.69) is 10.3 Å². The van der Waals surface area contributed by atoms with Gasteiger partial charge >= 0.3 is 0 Å². The zero-order valence-corrected chi connectivity index (χ0v) is 13.5. The van der Waals surface area contributed by atoms with Gasteiger partial charge in [0.2, 0.25) is 11.8 Å². The molecular weight excluding hydrogens is 328 g/mol. The van der Waals surface area contributed by atoms with E-state index in [4.69, 9.17) is 20.8 Å². The summed E-state index contributed by atoms with van der Waals surface area (Å²) in [5.74, 6) is 0.456. The number of ether oxygens (including phenoxy) is 1. The third-order valence-electron chi connectivity index (χ3n) is 4.05. The van der Waals surface area contributed by atoms with E-state index in [0.29, 0.717) is 29.7 Å². The predicted molar refractivity (Wildman–Crippen MR) is 92.0 cm³/mol. The first-order valence-electron chi connectivity index (χ1n) is 7.74. The fraction of sp³-hybridized carbons (Fsp3) is 0.222. The van der Waals surface area contributed by atoms with E-state index in [9.17, 15) is 4.79 Å². The number of carbonyl (C=O) groups is 1. The fourth-order valence-corrected chi connectivity index (χ4v) is 2.87. The number of carbonyl (C=O) groups excluding carboxylic acids is 1. The number of fused-ring (bicyclic) bond motifs is 1. The largest absolute Gasteiger partial charge is 0.436 e. The zero-order valence-electron chi connectivity index (χ0n) is 12.8. The Balaban J connectivity index is 1.53. The van der Waals surface area contributed by atoms with Crippen LogP contribution in [0, 0.1) is 5.92 Å². The maximum absolute atomic E-state index is 12.1. The molecule has 0 radical (unpaired) electrons. The molecule has 4 rings (SSSR count). The molecule has 1 saturated heterocycles. The van der Waals surface area contributed by atoms with Gasteiger partial charge in [-0.2, -0.15) is 0 Å². The van der Waals surface area contributed by atoms with Crippen LogP contribution < -0.4 is 5.32 Å². The molecule has 0 saturated carbocycles. The second kappa shape index (κ2) is 6.26. The molecule has 0 aliphatic carbocycles. The number of hydrogen-bond acceptors (Lipinski definition) is 4. The molecule has 122 valence electrons. The second-order valence-corrected chi connectivity index (χ2v) is 6.19. The summed E-state index contributed by atoms with van der Waals surface area (Å²) >= 11 is 5.97. The molecule has 1 amide bonds. The van der Waals surface area contributed by atoms with Gasteiger partial charge in [-0.05, 0) is 48.9 Å². The minimum Gasteiger partial charge on any atom is -0.436 e. The highest BCUT2D eigenvalue weighted by molar-refractivity contribution is 6.31. The molecule has 1 aromatic heterocycles. The minimum atomic E-state index is -0.0635. The summed E-state index contributed by atoms with van der Waals surface area (Å²) in [6.45, 7) is 1.15. The number of nitrogens with one attached hydrogen (secondary N) is 1. The van der Waals surface area contributed by atoms with Crippen LogP contribution in [-0.2, 0) is 9.53 Å². The monoisotopic (exact) mass is 342 g/mol. The molecule has 2 aromatic carbocycles. The first-order chi connectivity index (χ1) is 11.7. The van der Waals surface area contributed by atoms with Crippen LogP contribution in [0.25, 0.3) is 22.6 Å². The van der Waals surface area contributed by atoms with E-state index in [-0.39, 0.29) is 11.8 Å². The molecule has 0 bridgehead atoms. The van der Waals surface area contributed by atoms with E-state index >= 15 is 0 Å². The number of aromatic nitrogens is 1. The molecule has 5 nitrogen and oxygen atoms in total. The summed E-state index contributed by atoms with van der Waals surface area (Å²) in [6, 6.07) is 12.7. The Kier molecular flexibility index (Phi) is 3.96. The molecule has 24 heavy (non-hydrogen) atoms. The van der Waals surface area contributed by atoms with Gasteiger partial charge < -0.3 is 14.5 Å². The summed E-state index contributed by atoms with van der Waals surface area (Å²) in [7, 11) is 0. The van der Waals surface area contributed by atoms with Crippen molar-refractivity contribution in [2.24, 2.45) is 5.92 Å². The Bertz CT molecular complexity index is 883. The summed E-state index contributed by atoms with van der Waals surface area (Å²) in [5.41, 5.74) is 2.99. The Labute approximate surface area is 143 Å². The third-order valence-corrected chi connectivity index (χ3v) is 4.28. The average molecular weight is 343 g/mol. The van der Waals surface area contributed by atoms with Crippen LogP contribution in [0.5, 0.6) is 0 Å². The lowest BCUT2D eigenvalue weighted by Gasteiger charge is -2.09. The maximum Gasteiger partial charge on any atom is 0.229 e. The average Bonchev–Trinajstić information content (AvgIpc) is 3.24. The molecule has 6 heteroatoms. The van der Waals surface area contributed by atoms with Crippen molar-refractivity contribution in [2.75, 3.05) is 18.5 Å². The normalized spacial score (nSPS) is 17.3. The maximum atomic E-state index is 12.1. The van der Waals surface area contributed by atoms with Crippen LogP contribution in [0.4, 0.5) is 5.69 Å². The molecule has 0 spiro atoms. The number of amides is 1. The van der Waals surface area contributed by atoms with Crippen LogP contribution in [0.1, 0.15) is 6.42 Å². The number of benzene rings is 2. The minimum absolute atomic E-state index is 0.00301. The van der Waals surface area contributed by atoms with Crippen LogP contribution in [-0.4, -0.2) is 24.1 Å². The Morgan fingerprint density at radius 3 is 2.79 bits per heavy atom. The molecule has 3 aromatic rings. The standard InChI is InChI=1S/C18H15ClN2O3/c19-13-3-6-16-15(9-13)21-18(24-16)11-1-4-14(5-2-11)20-17(22)12-7-8-23-10-12/h1-6,9,12H,7-8,10H2,(H,20,22)/t12-/m0/s1. The number of nitrogens with zero attached hydrogens (tertiary/aromatic N) is 1. The molecular formula is C18H15ClN2O3. The second-order valence-electron chi connectivity index (χ2n) is 5.76. The molecule has 1 atom stereocenters. The molecule has 2 heterocycles. The number of halogens is 1. The van der Waals surface area contributed by atoms with Gasteiger partial charge in [-0.3, -0.25) is 4.79 Å². The van der Waals surface area contributed by atoms with Crippen molar-refractivity contribution in [3.05, 3.63) is 47.5 Å². The van der Waals surface area contributed by atoms with Gasteiger partial charge in [-0.15, -0.1) is 0 Å². The molecule has 1 N–H and O–H groups in total. The van der Waals surface area contributed by atoms with E-state index in [1.165, 1.54) is 0 Å². The zero-order chi connectivity index (χ0) is 16.5. The first kappa shape index (κ1) is 15.2. The molecule has 1 aliphatic heterocycles. The quantitative estimate of drug-likeness (QED) is 0.777. The molecule has 1 aliphatic rings. The lowest BCUT2D eigenvalue weighted by atomic mass is 10.1. The lowest BCUT2D eigenvalue weighted by Crippen LogP contribution is -2.22. The predicted octanol–water partition coefficient (Wildman–Crippen LogP) is 4.12. The Morgan fingerprint density at radius 2 is 2.04 bits per heavy atom. The highest BCUT2D eigenvalue weighted by atomic mass is 35.5. The third kappa shape index (κ3) is 3.00. The summed E-state index contributed by atoms with van der Waals surface area (Å²) in [6.07, 6.45) is 0.773. The van der Waals surface area contributed by atoms with Gasteiger partial charge in [-0.25, -0.2) is 4.98 Å². The highest BCUT2D eigenvalue weighted by Crippen LogP contribution is 2.27. The number of oxazole rings is 1. The van der Waals surface area contributed by atoms with Gasteiger partial charge in [-0.1, -0.05) is 11.6 Å². The number of anilines is 1. The van der Waals surface area contributed by atoms with Crippen molar-refractivity contribution >= 4 is 34.3 Å². The Hall–Kier alpha value is -2.37. The highest BCUT2D eigenvalue weighted by Gasteiger charge is 2.23. The van der Waals surface area contributed by atoms with Crippen LogP contribution in [0.15, 0.2) is 46.9 Å². The van der Waals surface area contributed by atoms with E-state index in [0.717, 1.165) is 23.2 Å². The van der Waals surface area contributed by atoms with Crippen molar-refractivity contribution in [2.45, 2.75) is 6.42 Å². The van der Waals surface area contributed by atoms with Gasteiger partial charge in [0.25, 0.3) is 0 Å². The molecule has 0 unspecified atom stereocenters. The number of hydrogen-bond donors (Lipinski definition) is 1. The van der Waals surface area contributed by atoms with Crippen molar-refractivity contribution in [3.63, 3.8) is 0 Å². The Morgan fingerprint density at radius 1 is 1.21 bits per heavy atom. The van der Waals surface area contributed by atoms with Crippen molar-refractivity contribution < 1.29 is 13.9 Å². The van der Waals surface area contributed by atoms with Crippen LogP contribution >= 0.6 is 11.6 Å². The SMILES string of the molecule is O=C(Nc1ccc(-c2nc3cc(Cl)ccc3o2)cc1)[C@H]1CCOC1. The van der Waals surface area contributed by atoms with Gasteiger partial charge in [0.05, 0.1) is 12.5 Å². The van der Waals surface area contributed by atoms with E-state index < -0.39 is 0 Å². The summed E-state index contributed by atoms with van der Waals surface area (Å²) < 4.78 is 11.0. The molecule has 1 fully saturated rings. The van der Waals surface area contributed by atoms with Crippen LogP contribution in [0.3, 0.4) is 0 Å². The van der Waals surface area contributed by atoms with Gasteiger partial charge in [0.15, 0.2) is 5.58 Å². The van der Waals surface area contributed by atoms with Gasteiger partial charge in [0, 0.05) is 22.9 Å². The lowest BCUT2D eigenvalue weighted by molar-refractivity contribution is -0.119. The van der Waals surface area contributed by atoms with Crippen molar-refractivity contribution in [3.8, 4) is 11.5 Å². The van der Waals surface area contributed by atoms with Gasteiger partial charge in [0.1, 0.15) is 5.52 Å². The first-order valence-corrected chi connectivity index (χ1v) is 8.12. The summed E-state index contributed by atoms with van der Waals surface area (Å²) in [4.78, 5) is 16.5. The topological polar surface area (TPSA) is 64.4 Å². The smallest absolute Gasteiger partial charge is 0.229 e.